The summed E-state index contributed by atoms with van der Waals surface area (Å²) in [4.78, 5) is 0. The molecular formula is C14H12Cl2O2. The lowest BCUT2D eigenvalue weighted by molar-refractivity contribution is 0.469. The lowest BCUT2D eigenvalue weighted by atomic mass is 9.99. The third-order valence-corrected chi connectivity index (χ3v) is 3.34. The lowest BCUT2D eigenvalue weighted by Gasteiger charge is -2.10. The van der Waals surface area contributed by atoms with Crippen molar-refractivity contribution in [2.24, 2.45) is 0 Å². The van der Waals surface area contributed by atoms with Crippen LogP contribution in [0.5, 0.6) is 11.5 Å². The summed E-state index contributed by atoms with van der Waals surface area (Å²) in [5.74, 6) is 0.906. The molecule has 0 radical (unpaired) electrons. The molecule has 0 fully saturated rings. The van der Waals surface area contributed by atoms with E-state index in [0.29, 0.717) is 22.9 Å². The quantitative estimate of drug-likeness (QED) is 0.827. The predicted octanol–water partition coefficient (Wildman–Crippen LogP) is 4.24. The Bertz CT molecular complexity index is 516. The molecule has 0 unspecified atom stereocenters. The van der Waals surface area contributed by atoms with Gasteiger partial charge in [-0.3, -0.25) is 0 Å². The summed E-state index contributed by atoms with van der Waals surface area (Å²) in [6, 6.07) is 10.1. The molecule has 2 nitrogen and oxygen atoms in total. The Morgan fingerprint density at radius 1 is 0.722 bits per heavy atom. The van der Waals surface area contributed by atoms with Gasteiger partial charge in [-0.25, -0.2) is 0 Å². The van der Waals surface area contributed by atoms with Crippen LogP contribution in [0.15, 0.2) is 36.4 Å². The predicted molar refractivity (Wildman–Crippen MR) is 74.3 cm³/mol. The fraction of sp³-hybridized carbons (Fsp3) is 0.143. The van der Waals surface area contributed by atoms with Crippen molar-refractivity contribution in [1.29, 1.82) is 0 Å². The van der Waals surface area contributed by atoms with Crippen LogP contribution in [0.25, 0.3) is 11.1 Å². The van der Waals surface area contributed by atoms with Gasteiger partial charge in [-0.05, 0) is 35.4 Å². The summed E-state index contributed by atoms with van der Waals surface area (Å²) >= 11 is 11.5. The molecule has 0 atom stereocenters. The van der Waals surface area contributed by atoms with E-state index in [1.807, 2.05) is 0 Å². The Labute approximate surface area is 115 Å². The van der Waals surface area contributed by atoms with Gasteiger partial charge >= 0.3 is 0 Å². The van der Waals surface area contributed by atoms with Crippen molar-refractivity contribution in [2.45, 2.75) is 11.8 Å². The number of hydrogen-bond donors (Lipinski definition) is 2. The normalized spacial score (nSPS) is 10.6. The van der Waals surface area contributed by atoms with Crippen molar-refractivity contribution in [2.75, 3.05) is 0 Å². The number of benzene rings is 2. The summed E-state index contributed by atoms with van der Waals surface area (Å²) in [5.41, 5.74) is 2.86. The molecule has 0 spiro atoms. The van der Waals surface area contributed by atoms with Gasteiger partial charge in [0.2, 0.25) is 0 Å². The topological polar surface area (TPSA) is 40.5 Å². The number of phenolic OH excluding ortho intramolecular Hbond substituents is 2. The minimum absolute atomic E-state index is 0.103. The van der Waals surface area contributed by atoms with Gasteiger partial charge in [-0.2, -0.15) is 0 Å². The van der Waals surface area contributed by atoms with Crippen molar-refractivity contribution >= 4 is 23.2 Å². The maximum Gasteiger partial charge on any atom is 0.123 e. The van der Waals surface area contributed by atoms with E-state index in [0.717, 1.165) is 11.1 Å². The van der Waals surface area contributed by atoms with Crippen molar-refractivity contribution in [3.63, 3.8) is 0 Å². The molecule has 0 saturated heterocycles. The first-order valence-electron chi connectivity index (χ1n) is 5.41. The van der Waals surface area contributed by atoms with Crippen LogP contribution in [-0.2, 0) is 11.8 Å². The molecule has 2 aromatic carbocycles. The summed E-state index contributed by atoms with van der Waals surface area (Å²) in [5, 5.41) is 19.8. The zero-order valence-electron chi connectivity index (χ0n) is 9.53. The van der Waals surface area contributed by atoms with Crippen molar-refractivity contribution < 1.29 is 10.2 Å². The first kappa shape index (κ1) is 13.1. The molecule has 2 aromatic rings. The third kappa shape index (κ3) is 2.55. The highest BCUT2D eigenvalue weighted by Gasteiger charge is 2.10. The minimum atomic E-state index is 0.103. The van der Waals surface area contributed by atoms with Crippen molar-refractivity contribution in [1.82, 2.24) is 0 Å². The van der Waals surface area contributed by atoms with Gasteiger partial charge in [-0.1, -0.05) is 12.1 Å². The molecule has 4 heteroatoms. The van der Waals surface area contributed by atoms with Gasteiger partial charge in [0.15, 0.2) is 0 Å². The van der Waals surface area contributed by atoms with Crippen LogP contribution in [0.1, 0.15) is 11.1 Å². The highest BCUT2D eigenvalue weighted by Crippen LogP contribution is 2.36. The first-order valence-corrected chi connectivity index (χ1v) is 6.48. The summed E-state index contributed by atoms with van der Waals surface area (Å²) in [6.45, 7) is 0. The van der Waals surface area contributed by atoms with Gasteiger partial charge in [0, 0.05) is 22.9 Å². The Kier molecular flexibility index (Phi) is 4.00. The number of rotatable bonds is 3. The molecule has 2 N–H and O–H groups in total. The zero-order chi connectivity index (χ0) is 13.1. The maximum atomic E-state index is 9.88. The third-order valence-electron chi connectivity index (χ3n) is 2.72. The molecule has 0 heterocycles. The molecule has 0 aromatic heterocycles. The van der Waals surface area contributed by atoms with E-state index in [9.17, 15) is 10.2 Å². The minimum Gasteiger partial charge on any atom is -0.507 e. The van der Waals surface area contributed by atoms with Crippen LogP contribution in [0.2, 0.25) is 0 Å². The van der Waals surface area contributed by atoms with E-state index in [1.165, 1.54) is 0 Å². The number of aromatic hydroxyl groups is 2. The van der Waals surface area contributed by atoms with Crippen LogP contribution >= 0.6 is 23.2 Å². The van der Waals surface area contributed by atoms with Crippen molar-refractivity contribution in [3.8, 4) is 22.6 Å². The Hall–Kier alpha value is -1.38. The van der Waals surface area contributed by atoms with Gasteiger partial charge in [0.25, 0.3) is 0 Å². The molecule has 0 saturated carbocycles. The maximum absolute atomic E-state index is 9.88. The second-order valence-electron chi connectivity index (χ2n) is 3.97. The fourth-order valence-corrected chi connectivity index (χ4v) is 2.10. The number of hydrogen-bond acceptors (Lipinski definition) is 2. The van der Waals surface area contributed by atoms with Gasteiger partial charge in [-0.15, -0.1) is 23.2 Å². The molecule has 0 bridgehead atoms. The molecule has 0 amide bonds. The average Bonchev–Trinajstić information content (AvgIpc) is 2.40. The number of alkyl halides is 2. The molecule has 2 rings (SSSR count). The number of phenols is 2. The van der Waals surface area contributed by atoms with Crippen LogP contribution in [0.4, 0.5) is 0 Å². The fourth-order valence-electron chi connectivity index (χ4n) is 1.76. The number of halogens is 2. The van der Waals surface area contributed by atoms with E-state index in [2.05, 4.69) is 0 Å². The van der Waals surface area contributed by atoms with Crippen molar-refractivity contribution in [3.05, 3.63) is 47.5 Å². The van der Waals surface area contributed by atoms with E-state index < -0.39 is 0 Å². The zero-order valence-corrected chi connectivity index (χ0v) is 11.0. The summed E-state index contributed by atoms with van der Waals surface area (Å²) in [6.07, 6.45) is 0. The smallest absolute Gasteiger partial charge is 0.123 e. The monoisotopic (exact) mass is 282 g/mol. The summed E-state index contributed by atoms with van der Waals surface area (Å²) < 4.78 is 0. The highest BCUT2D eigenvalue weighted by atomic mass is 35.5. The molecule has 94 valence electrons. The Morgan fingerprint density at radius 3 is 1.44 bits per heavy atom. The van der Waals surface area contributed by atoms with E-state index in [-0.39, 0.29) is 11.5 Å². The van der Waals surface area contributed by atoms with E-state index in [1.54, 1.807) is 36.4 Å². The van der Waals surface area contributed by atoms with E-state index >= 15 is 0 Å². The van der Waals surface area contributed by atoms with Crippen LogP contribution in [-0.4, -0.2) is 10.2 Å². The van der Waals surface area contributed by atoms with Crippen LogP contribution < -0.4 is 0 Å². The van der Waals surface area contributed by atoms with Gasteiger partial charge in [0.05, 0.1) is 0 Å². The Balaban J connectivity index is 2.60. The van der Waals surface area contributed by atoms with Crippen LogP contribution in [0.3, 0.4) is 0 Å². The molecular weight excluding hydrogens is 271 g/mol. The van der Waals surface area contributed by atoms with Gasteiger partial charge in [0.1, 0.15) is 11.5 Å². The second-order valence-corrected chi connectivity index (χ2v) is 4.50. The lowest BCUT2D eigenvalue weighted by Crippen LogP contribution is -1.86. The summed E-state index contributed by atoms with van der Waals surface area (Å²) in [7, 11) is 0. The highest BCUT2D eigenvalue weighted by molar-refractivity contribution is 6.17. The first-order chi connectivity index (χ1) is 8.65. The second kappa shape index (κ2) is 5.51. The molecule has 0 aliphatic rings. The molecule has 0 aliphatic heterocycles. The molecule has 18 heavy (non-hydrogen) atoms. The Morgan fingerprint density at radius 2 is 1.11 bits per heavy atom. The standard InChI is InChI=1S/C14H12Cl2O2/c15-7-9-1-3-13(17)11(5-9)12-6-10(8-16)2-4-14(12)18/h1-6,17-18H,7-8H2. The SMILES string of the molecule is Oc1ccc(CCl)cc1-c1cc(CCl)ccc1O. The average molecular weight is 283 g/mol. The van der Waals surface area contributed by atoms with E-state index in [4.69, 9.17) is 23.2 Å². The molecule has 0 aliphatic carbocycles. The largest absolute Gasteiger partial charge is 0.507 e. The van der Waals surface area contributed by atoms with Gasteiger partial charge < -0.3 is 10.2 Å². The van der Waals surface area contributed by atoms with Crippen LogP contribution in [0, 0.1) is 0 Å².